The van der Waals surface area contributed by atoms with Crippen LogP contribution < -0.4 is 5.32 Å². The van der Waals surface area contributed by atoms with Gasteiger partial charge in [0.05, 0.1) is 5.56 Å². The summed E-state index contributed by atoms with van der Waals surface area (Å²) in [5, 5.41) is 12.6. The van der Waals surface area contributed by atoms with E-state index >= 15 is 0 Å². The van der Waals surface area contributed by atoms with Crippen LogP contribution >= 0.6 is 11.3 Å². The molecule has 27 heavy (non-hydrogen) atoms. The Morgan fingerprint density at radius 3 is 2.89 bits per heavy atom. The first-order chi connectivity index (χ1) is 12.9. The van der Waals surface area contributed by atoms with Gasteiger partial charge in [0.2, 0.25) is 0 Å². The number of nitrogens with zero attached hydrogens (tertiary/aromatic N) is 1. The number of ketones is 1. The molecule has 3 rings (SSSR count). The molecule has 0 spiro atoms. The number of hydrogen-bond donors (Lipinski definition) is 2. The molecular formula is C19H19N3O4S. The molecule has 2 heterocycles. The Kier molecular flexibility index (Phi) is 5.42. The highest BCUT2D eigenvalue weighted by molar-refractivity contribution is 7.16. The number of esters is 1. The molecule has 0 radical (unpaired) electrons. The number of nitriles is 1. The van der Waals surface area contributed by atoms with Gasteiger partial charge in [0, 0.05) is 16.6 Å². The third-order valence-corrected chi connectivity index (χ3v) is 5.69. The van der Waals surface area contributed by atoms with Gasteiger partial charge in [-0.2, -0.15) is 5.26 Å². The van der Waals surface area contributed by atoms with Crippen LogP contribution in [-0.4, -0.2) is 29.3 Å². The molecule has 1 aliphatic carbocycles. The van der Waals surface area contributed by atoms with Crippen molar-refractivity contribution in [2.24, 2.45) is 5.92 Å². The number of rotatable bonds is 5. The first kappa shape index (κ1) is 18.9. The molecule has 0 unspecified atom stereocenters. The van der Waals surface area contributed by atoms with Crippen molar-refractivity contribution in [1.29, 1.82) is 5.26 Å². The lowest BCUT2D eigenvalue weighted by atomic mass is 9.89. The van der Waals surface area contributed by atoms with Crippen molar-refractivity contribution >= 4 is 34.0 Å². The highest BCUT2D eigenvalue weighted by Gasteiger charge is 2.25. The van der Waals surface area contributed by atoms with Crippen molar-refractivity contribution in [2.75, 3.05) is 11.9 Å². The highest BCUT2D eigenvalue weighted by Crippen LogP contribution is 2.39. The molecule has 2 aromatic heterocycles. The van der Waals surface area contributed by atoms with Crippen molar-refractivity contribution in [1.82, 2.24) is 4.98 Å². The van der Waals surface area contributed by atoms with Crippen molar-refractivity contribution in [3.63, 3.8) is 0 Å². The summed E-state index contributed by atoms with van der Waals surface area (Å²) in [6, 6.07) is 3.56. The number of hydrogen-bond acceptors (Lipinski definition) is 6. The predicted molar refractivity (Wildman–Crippen MR) is 99.9 cm³/mol. The van der Waals surface area contributed by atoms with E-state index < -0.39 is 18.5 Å². The summed E-state index contributed by atoms with van der Waals surface area (Å²) >= 11 is 1.42. The number of aromatic nitrogens is 1. The minimum Gasteiger partial charge on any atom is -0.451 e. The first-order valence-corrected chi connectivity index (χ1v) is 9.41. The zero-order valence-corrected chi connectivity index (χ0v) is 15.9. The first-order valence-electron chi connectivity index (χ1n) is 8.60. The number of ether oxygens (including phenoxy) is 1. The second-order valence-electron chi connectivity index (χ2n) is 6.65. The third kappa shape index (κ3) is 4.09. The van der Waals surface area contributed by atoms with E-state index in [4.69, 9.17) is 4.74 Å². The van der Waals surface area contributed by atoms with Gasteiger partial charge in [-0.1, -0.05) is 6.92 Å². The Labute approximate surface area is 160 Å². The fraction of sp³-hybridized carbons (Fsp3) is 0.368. The number of carbonyl (C=O) groups excluding carboxylic acids is 3. The van der Waals surface area contributed by atoms with Gasteiger partial charge in [-0.05, 0) is 43.7 Å². The summed E-state index contributed by atoms with van der Waals surface area (Å²) in [6.45, 7) is 3.08. The maximum Gasteiger partial charge on any atom is 0.355 e. The third-order valence-electron chi connectivity index (χ3n) is 4.52. The average molecular weight is 385 g/mol. The van der Waals surface area contributed by atoms with Crippen molar-refractivity contribution in [2.45, 2.75) is 33.1 Å². The minimum absolute atomic E-state index is 0.103. The van der Waals surface area contributed by atoms with Gasteiger partial charge in [0.1, 0.15) is 16.8 Å². The van der Waals surface area contributed by atoms with E-state index in [0.717, 1.165) is 29.7 Å². The molecule has 1 atom stereocenters. The van der Waals surface area contributed by atoms with Gasteiger partial charge in [-0.25, -0.2) is 4.79 Å². The van der Waals surface area contributed by atoms with Gasteiger partial charge >= 0.3 is 5.97 Å². The molecule has 140 valence electrons. The maximum atomic E-state index is 12.2. The fourth-order valence-electron chi connectivity index (χ4n) is 3.04. The molecule has 0 aliphatic heterocycles. The van der Waals surface area contributed by atoms with Crippen LogP contribution in [0.2, 0.25) is 0 Å². The number of aromatic amines is 1. The summed E-state index contributed by atoms with van der Waals surface area (Å²) in [7, 11) is 0. The fourth-order valence-corrected chi connectivity index (χ4v) is 4.42. The van der Waals surface area contributed by atoms with E-state index in [1.807, 2.05) is 0 Å². The Hall–Kier alpha value is -2.92. The monoisotopic (exact) mass is 385 g/mol. The predicted octanol–water partition coefficient (Wildman–Crippen LogP) is 3.07. The second kappa shape index (κ2) is 7.76. The number of H-pyrrole nitrogens is 1. The summed E-state index contributed by atoms with van der Waals surface area (Å²) in [5.74, 6) is -0.849. The van der Waals surface area contributed by atoms with E-state index in [2.05, 4.69) is 23.3 Å². The quantitative estimate of drug-likeness (QED) is 0.607. The summed E-state index contributed by atoms with van der Waals surface area (Å²) in [4.78, 5) is 39.2. The Balaban J connectivity index is 1.62. The smallest absolute Gasteiger partial charge is 0.355 e. The van der Waals surface area contributed by atoms with Crippen LogP contribution in [0.3, 0.4) is 0 Å². The number of nitrogens with one attached hydrogen (secondary N) is 2. The molecule has 2 N–H and O–H groups in total. The van der Waals surface area contributed by atoms with Crippen LogP contribution in [0.4, 0.5) is 5.00 Å². The number of amides is 1. The summed E-state index contributed by atoms with van der Waals surface area (Å²) < 4.78 is 4.98. The largest absolute Gasteiger partial charge is 0.451 e. The van der Waals surface area contributed by atoms with Crippen LogP contribution in [-0.2, 0) is 22.4 Å². The summed E-state index contributed by atoms with van der Waals surface area (Å²) in [6.07, 6.45) is 4.19. The zero-order valence-electron chi connectivity index (χ0n) is 15.0. The Morgan fingerprint density at radius 1 is 1.44 bits per heavy atom. The summed E-state index contributed by atoms with van der Waals surface area (Å²) in [5.41, 5.74) is 2.00. The highest BCUT2D eigenvalue weighted by atomic mass is 32.1. The van der Waals surface area contributed by atoms with Gasteiger partial charge in [-0.3, -0.25) is 9.59 Å². The standard InChI is InChI=1S/C19H19N3O4S/c1-10-3-4-13-14(7-20)18(27-16(13)5-10)22-17(24)9-26-19(25)15-6-12(8-21-15)11(2)23/h6,8,10,21H,3-5,9H2,1-2H3,(H,22,24)/t10-/m1/s1. The number of fused-ring (bicyclic) bond motifs is 1. The normalized spacial score (nSPS) is 15.5. The average Bonchev–Trinajstić information content (AvgIpc) is 3.23. The number of carbonyl (C=O) groups is 3. The molecular weight excluding hydrogens is 366 g/mol. The lowest BCUT2D eigenvalue weighted by molar-refractivity contribution is -0.119. The Morgan fingerprint density at radius 2 is 2.22 bits per heavy atom. The zero-order chi connectivity index (χ0) is 19.6. The molecule has 0 fully saturated rings. The lowest BCUT2D eigenvalue weighted by Gasteiger charge is -2.17. The van der Waals surface area contributed by atoms with E-state index in [9.17, 15) is 19.6 Å². The molecule has 1 aliphatic rings. The Bertz CT molecular complexity index is 951. The SMILES string of the molecule is CC(=O)c1c[nH]c(C(=O)OCC(=O)Nc2sc3c(c2C#N)CC[C@@H](C)C3)c1. The van der Waals surface area contributed by atoms with Crippen LogP contribution in [0, 0.1) is 17.2 Å². The van der Waals surface area contributed by atoms with Gasteiger partial charge in [0.15, 0.2) is 12.4 Å². The molecule has 7 nitrogen and oxygen atoms in total. The topological polar surface area (TPSA) is 112 Å². The lowest BCUT2D eigenvalue weighted by Crippen LogP contribution is -2.21. The van der Waals surface area contributed by atoms with Crippen molar-refractivity contribution < 1.29 is 19.1 Å². The maximum absolute atomic E-state index is 12.2. The van der Waals surface area contributed by atoms with Gasteiger partial charge in [-0.15, -0.1) is 11.3 Å². The molecule has 2 aromatic rings. The number of thiophene rings is 1. The number of Topliss-reactive ketones (excluding diaryl/α,β-unsaturated/α-hetero) is 1. The molecule has 0 bridgehead atoms. The van der Waals surface area contributed by atoms with Gasteiger partial charge in [0.25, 0.3) is 5.91 Å². The minimum atomic E-state index is -0.725. The van der Waals surface area contributed by atoms with E-state index in [0.29, 0.717) is 22.0 Å². The van der Waals surface area contributed by atoms with Crippen LogP contribution in [0.15, 0.2) is 12.3 Å². The molecule has 8 heteroatoms. The number of anilines is 1. The molecule has 0 saturated heterocycles. The van der Waals surface area contributed by atoms with E-state index in [1.54, 1.807) is 0 Å². The van der Waals surface area contributed by atoms with Crippen molar-refractivity contribution in [3.05, 3.63) is 39.5 Å². The van der Waals surface area contributed by atoms with Gasteiger partial charge < -0.3 is 15.0 Å². The molecule has 0 aromatic carbocycles. The van der Waals surface area contributed by atoms with Crippen LogP contribution in [0.1, 0.15) is 57.1 Å². The second-order valence-corrected chi connectivity index (χ2v) is 7.76. The van der Waals surface area contributed by atoms with E-state index in [1.165, 1.54) is 30.5 Å². The van der Waals surface area contributed by atoms with Crippen LogP contribution in [0.5, 0.6) is 0 Å². The van der Waals surface area contributed by atoms with Crippen LogP contribution in [0.25, 0.3) is 0 Å². The molecule has 0 saturated carbocycles. The van der Waals surface area contributed by atoms with Crippen molar-refractivity contribution in [3.8, 4) is 6.07 Å². The van der Waals surface area contributed by atoms with E-state index in [-0.39, 0.29) is 11.5 Å². The molecule has 1 amide bonds.